The zero-order valence-electron chi connectivity index (χ0n) is 16.8. The van der Waals surface area contributed by atoms with E-state index in [1.165, 1.54) is 0 Å². The van der Waals surface area contributed by atoms with Crippen LogP contribution >= 0.6 is 11.6 Å². The van der Waals surface area contributed by atoms with Gasteiger partial charge in [-0.05, 0) is 55.7 Å². The quantitative estimate of drug-likeness (QED) is 0.539. The van der Waals surface area contributed by atoms with E-state index in [1.807, 2.05) is 25.1 Å². The minimum absolute atomic E-state index is 0.00324. The highest BCUT2D eigenvalue weighted by molar-refractivity contribution is 6.31. The fraction of sp³-hybridized carbons (Fsp3) is 0.375. The zero-order chi connectivity index (χ0) is 21.3. The highest BCUT2D eigenvalue weighted by atomic mass is 35.5. The second kappa shape index (κ2) is 8.60. The lowest BCUT2D eigenvalue weighted by Gasteiger charge is -2.28. The Kier molecular flexibility index (Phi) is 5.91. The van der Waals surface area contributed by atoms with Gasteiger partial charge >= 0.3 is 5.97 Å². The molecule has 2 aromatic rings. The van der Waals surface area contributed by atoms with Gasteiger partial charge in [-0.15, -0.1) is 0 Å². The lowest BCUT2D eigenvalue weighted by atomic mass is 9.75. The molecule has 0 saturated heterocycles. The van der Waals surface area contributed by atoms with E-state index in [-0.39, 0.29) is 30.1 Å². The van der Waals surface area contributed by atoms with Crippen molar-refractivity contribution in [1.82, 2.24) is 0 Å². The van der Waals surface area contributed by atoms with E-state index in [2.05, 4.69) is 5.32 Å². The monoisotopic (exact) mass is 425 g/mol. The van der Waals surface area contributed by atoms with E-state index in [0.717, 1.165) is 24.8 Å². The molecule has 0 aromatic heterocycles. The highest BCUT2D eigenvalue weighted by Crippen LogP contribution is 2.53. The average Bonchev–Trinajstić information content (AvgIpc) is 3.36. The summed E-state index contributed by atoms with van der Waals surface area (Å²) in [7, 11) is 0. The van der Waals surface area contributed by atoms with Crippen molar-refractivity contribution in [3.8, 4) is 0 Å². The summed E-state index contributed by atoms with van der Waals surface area (Å²) in [5, 5.41) is 3.23. The average molecular weight is 426 g/mol. The van der Waals surface area contributed by atoms with Gasteiger partial charge in [0.25, 0.3) is 5.91 Å². The summed E-state index contributed by atoms with van der Waals surface area (Å²) < 4.78 is 5.35. The number of aryl methyl sites for hydroxylation is 1. The maximum atomic E-state index is 13.1. The molecule has 4 rings (SSSR count). The van der Waals surface area contributed by atoms with Crippen molar-refractivity contribution < 1.29 is 19.1 Å². The Morgan fingerprint density at radius 3 is 2.43 bits per heavy atom. The van der Waals surface area contributed by atoms with Gasteiger partial charge in [0.2, 0.25) is 0 Å². The van der Waals surface area contributed by atoms with E-state index in [1.54, 1.807) is 30.3 Å². The number of ketones is 1. The molecule has 0 radical (unpaired) electrons. The highest BCUT2D eigenvalue weighted by Gasteiger charge is 2.54. The van der Waals surface area contributed by atoms with Gasteiger partial charge in [0.05, 0.1) is 5.92 Å². The Balaban J connectivity index is 1.39. The predicted octanol–water partition coefficient (Wildman–Crippen LogP) is 4.68. The summed E-state index contributed by atoms with van der Waals surface area (Å²) >= 11 is 6.07. The van der Waals surface area contributed by atoms with Gasteiger partial charge in [-0.1, -0.05) is 48.0 Å². The number of carbonyl (C=O) groups excluding carboxylic acids is 3. The molecule has 5 nitrogen and oxygen atoms in total. The van der Waals surface area contributed by atoms with Crippen LogP contribution in [0.4, 0.5) is 5.69 Å². The molecule has 2 aliphatic carbocycles. The van der Waals surface area contributed by atoms with Crippen molar-refractivity contribution >= 4 is 34.9 Å². The number of carbonyl (C=O) groups is 3. The normalized spacial score (nSPS) is 24.5. The molecular formula is C24H24ClNO4. The summed E-state index contributed by atoms with van der Waals surface area (Å²) in [5.41, 5.74) is 2.08. The molecule has 156 valence electrons. The van der Waals surface area contributed by atoms with Crippen molar-refractivity contribution in [2.24, 2.45) is 23.7 Å². The Hall–Kier alpha value is -2.66. The Bertz CT molecular complexity index is 974. The van der Waals surface area contributed by atoms with E-state index in [9.17, 15) is 14.4 Å². The number of hydrogen-bond donors (Lipinski definition) is 1. The third-order valence-corrected chi connectivity index (χ3v) is 6.76. The molecule has 0 spiro atoms. The van der Waals surface area contributed by atoms with Gasteiger partial charge in [0.15, 0.2) is 12.4 Å². The molecule has 2 aliphatic rings. The van der Waals surface area contributed by atoms with Crippen molar-refractivity contribution in [2.45, 2.75) is 26.2 Å². The van der Waals surface area contributed by atoms with Crippen LogP contribution < -0.4 is 5.32 Å². The largest absolute Gasteiger partial charge is 0.455 e. The fourth-order valence-corrected chi connectivity index (χ4v) is 5.08. The van der Waals surface area contributed by atoms with Gasteiger partial charge in [0, 0.05) is 22.2 Å². The fourth-order valence-electron chi connectivity index (χ4n) is 4.90. The third kappa shape index (κ3) is 4.12. The van der Waals surface area contributed by atoms with Crippen LogP contribution in [0.3, 0.4) is 0 Å². The van der Waals surface area contributed by atoms with E-state index >= 15 is 0 Å². The van der Waals surface area contributed by atoms with Crippen molar-refractivity contribution in [3.05, 3.63) is 64.7 Å². The molecule has 1 amide bonds. The topological polar surface area (TPSA) is 72.5 Å². The SMILES string of the molecule is Cc1ccc(NC(=O)COC(=O)[C@@H]2[C@H]3CC[C@@H](C3)[C@@H]2C(=O)c2ccccc2)cc1Cl. The van der Waals surface area contributed by atoms with Gasteiger partial charge in [0.1, 0.15) is 0 Å². The summed E-state index contributed by atoms with van der Waals surface area (Å²) in [5.74, 6) is -1.35. The molecule has 6 heteroatoms. The van der Waals surface area contributed by atoms with Crippen LogP contribution in [0.2, 0.25) is 5.02 Å². The number of fused-ring (bicyclic) bond motifs is 2. The number of nitrogens with one attached hydrogen (secondary N) is 1. The molecule has 2 bridgehead atoms. The molecule has 2 aromatic carbocycles. The van der Waals surface area contributed by atoms with Crippen molar-refractivity contribution in [2.75, 3.05) is 11.9 Å². The molecule has 0 heterocycles. The maximum Gasteiger partial charge on any atom is 0.310 e. The number of Topliss-reactive ketones (excluding diaryl/α,β-unsaturated/α-hetero) is 1. The molecular weight excluding hydrogens is 402 g/mol. The Morgan fingerprint density at radius 2 is 1.73 bits per heavy atom. The van der Waals surface area contributed by atoms with Crippen LogP contribution in [0.15, 0.2) is 48.5 Å². The van der Waals surface area contributed by atoms with E-state index < -0.39 is 17.8 Å². The number of benzene rings is 2. The molecule has 4 atom stereocenters. The first-order chi connectivity index (χ1) is 14.4. The van der Waals surface area contributed by atoms with Gasteiger partial charge in [-0.2, -0.15) is 0 Å². The number of amides is 1. The predicted molar refractivity (Wildman–Crippen MR) is 114 cm³/mol. The van der Waals surface area contributed by atoms with Crippen molar-refractivity contribution in [3.63, 3.8) is 0 Å². The molecule has 0 unspecified atom stereocenters. The summed E-state index contributed by atoms with van der Waals surface area (Å²) in [6.07, 6.45) is 2.76. The number of rotatable bonds is 6. The van der Waals surface area contributed by atoms with Gasteiger partial charge in [-0.3, -0.25) is 14.4 Å². The number of esters is 1. The van der Waals surface area contributed by atoms with Crippen LogP contribution in [0.5, 0.6) is 0 Å². The van der Waals surface area contributed by atoms with Crippen LogP contribution in [-0.2, 0) is 14.3 Å². The first-order valence-corrected chi connectivity index (χ1v) is 10.6. The van der Waals surface area contributed by atoms with E-state index in [4.69, 9.17) is 16.3 Å². The van der Waals surface area contributed by atoms with Gasteiger partial charge < -0.3 is 10.1 Å². The second-order valence-electron chi connectivity index (χ2n) is 8.23. The molecule has 30 heavy (non-hydrogen) atoms. The smallest absolute Gasteiger partial charge is 0.310 e. The maximum absolute atomic E-state index is 13.1. The first kappa shape index (κ1) is 20.6. The number of hydrogen-bond acceptors (Lipinski definition) is 4. The molecule has 0 aliphatic heterocycles. The van der Waals surface area contributed by atoms with Crippen LogP contribution in [0.25, 0.3) is 0 Å². The second-order valence-corrected chi connectivity index (χ2v) is 8.64. The summed E-state index contributed by atoms with van der Waals surface area (Å²) in [6, 6.07) is 14.3. The standard InChI is InChI=1S/C24H24ClNO4/c1-14-7-10-18(12-19(14)25)26-20(27)13-30-24(29)22-17-9-8-16(11-17)21(22)23(28)15-5-3-2-4-6-15/h2-7,10,12,16-17,21-22H,8-9,11,13H2,1H3,(H,26,27)/t16-,17-,21-,22+/m0/s1. The number of anilines is 1. The molecule has 2 fully saturated rings. The van der Waals surface area contributed by atoms with Crippen molar-refractivity contribution in [1.29, 1.82) is 0 Å². The lowest BCUT2D eigenvalue weighted by molar-refractivity contribution is -0.154. The first-order valence-electron chi connectivity index (χ1n) is 10.3. The zero-order valence-corrected chi connectivity index (χ0v) is 17.5. The van der Waals surface area contributed by atoms with Gasteiger partial charge in [-0.25, -0.2) is 0 Å². The summed E-state index contributed by atoms with van der Waals surface area (Å²) in [4.78, 5) is 38.2. The lowest BCUT2D eigenvalue weighted by Crippen LogP contribution is -2.37. The van der Waals surface area contributed by atoms with Crippen LogP contribution in [0.1, 0.15) is 35.2 Å². The Morgan fingerprint density at radius 1 is 1.03 bits per heavy atom. The minimum atomic E-state index is -0.474. The van der Waals surface area contributed by atoms with Crippen LogP contribution in [0, 0.1) is 30.6 Å². The Labute approximate surface area is 180 Å². The van der Waals surface area contributed by atoms with E-state index in [0.29, 0.717) is 16.3 Å². The number of ether oxygens (including phenoxy) is 1. The number of halogens is 1. The molecule has 1 N–H and O–H groups in total. The summed E-state index contributed by atoms with van der Waals surface area (Å²) in [6.45, 7) is 1.49. The molecule has 2 saturated carbocycles. The minimum Gasteiger partial charge on any atom is -0.455 e. The van der Waals surface area contributed by atoms with Crippen LogP contribution in [-0.4, -0.2) is 24.3 Å². The third-order valence-electron chi connectivity index (χ3n) is 6.35.